The molecule has 0 atom stereocenters. The normalized spacial score (nSPS) is 15.0. The lowest BCUT2D eigenvalue weighted by molar-refractivity contribution is 0.684. The van der Waals surface area contributed by atoms with Gasteiger partial charge in [0, 0.05) is 18.0 Å². The molecular formula is C11H10N6S. The molecule has 0 radical (unpaired) electrons. The first-order valence-corrected chi connectivity index (χ1v) is 6.64. The molecule has 0 N–H and O–H groups in total. The lowest BCUT2D eigenvalue weighted by Crippen LogP contribution is -2.30. The molecule has 0 aliphatic carbocycles. The predicted octanol–water partition coefficient (Wildman–Crippen LogP) is 1.14. The van der Waals surface area contributed by atoms with E-state index in [2.05, 4.69) is 37.0 Å². The minimum Gasteiger partial charge on any atom is -0.350 e. The summed E-state index contributed by atoms with van der Waals surface area (Å²) in [6.45, 7) is 1.91. The van der Waals surface area contributed by atoms with Crippen LogP contribution in [0.1, 0.15) is 10.4 Å². The number of anilines is 1. The lowest BCUT2D eigenvalue weighted by Gasteiger charge is -2.27. The molecule has 1 aliphatic rings. The van der Waals surface area contributed by atoms with E-state index >= 15 is 0 Å². The van der Waals surface area contributed by atoms with Crippen molar-refractivity contribution in [2.24, 2.45) is 0 Å². The number of aromatic nitrogens is 5. The average molecular weight is 258 g/mol. The van der Waals surface area contributed by atoms with E-state index in [4.69, 9.17) is 0 Å². The number of thiophene rings is 1. The Balaban J connectivity index is 1.71. The van der Waals surface area contributed by atoms with Crippen LogP contribution in [0.2, 0.25) is 0 Å². The summed E-state index contributed by atoms with van der Waals surface area (Å²) < 4.78 is 1.47. The number of tetrazole rings is 1. The van der Waals surface area contributed by atoms with Gasteiger partial charge in [0.15, 0.2) is 11.5 Å². The second kappa shape index (κ2) is 3.74. The van der Waals surface area contributed by atoms with Crippen molar-refractivity contribution in [3.8, 4) is 0 Å². The SMILES string of the molecule is c1cc2c(s1)CCN(c1ccc3nnnn3n1)C2. The van der Waals surface area contributed by atoms with Crippen molar-refractivity contribution in [2.75, 3.05) is 11.4 Å². The van der Waals surface area contributed by atoms with Gasteiger partial charge in [-0.1, -0.05) is 0 Å². The Kier molecular flexibility index (Phi) is 2.07. The molecule has 18 heavy (non-hydrogen) atoms. The standard InChI is InChI=1S/C11H10N6S/c1-2-11(13-17-10(1)12-14-15-17)16-5-3-9-8(7-16)4-6-18-9/h1-2,4,6H,3,5,7H2. The molecule has 7 heteroatoms. The third-order valence-corrected chi connectivity index (χ3v) is 4.21. The monoisotopic (exact) mass is 258 g/mol. The van der Waals surface area contributed by atoms with Gasteiger partial charge in [-0.15, -0.1) is 26.2 Å². The van der Waals surface area contributed by atoms with Gasteiger partial charge in [0.25, 0.3) is 0 Å². The first-order chi connectivity index (χ1) is 8.90. The largest absolute Gasteiger partial charge is 0.350 e. The summed E-state index contributed by atoms with van der Waals surface area (Å²) in [5.74, 6) is 0.923. The number of rotatable bonds is 1. The van der Waals surface area contributed by atoms with Crippen molar-refractivity contribution >= 4 is 22.8 Å². The van der Waals surface area contributed by atoms with Crippen LogP contribution in [0.25, 0.3) is 5.65 Å². The van der Waals surface area contributed by atoms with E-state index in [1.807, 2.05) is 23.5 Å². The van der Waals surface area contributed by atoms with Crippen LogP contribution in [0.4, 0.5) is 5.82 Å². The van der Waals surface area contributed by atoms with Gasteiger partial charge < -0.3 is 4.90 Å². The number of hydrogen-bond acceptors (Lipinski definition) is 6. The Morgan fingerprint density at radius 1 is 1.22 bits per heavy atom. The summed E-state index contributed by atoms with van der Waals surface area (Å²) in [5.41, 5.74) is 2.08. The van der Waals surface area contributed by atoms with Gasteiger partial charge >= 0.3 is 0 Å². The highest BCUT2D eigenvalue weighted by Gasteiger charge is 2.18. The quantitative estimate of drug-likeness (QED) is 0.655. The molecule has 1 aliphatic heterocycles. The lowest BCUT2D eigenvalue weighted by atomic mass is 10.1. The second-order valence-electron chi connectivity index (χ2n) is 4.26. The van der Waals surface area contributed by atoms with Crippen molar-refractivity contribution < 1.29 is 0 Å². The van der Waals surface area contributed by atoms with Gasteiger partial charge in [-0.2, -0.15) is 0 Å². The maximum atomic E-state index is 4.43. The topological polar surface area (TPSA) is 59.2 Å². The Morgan fingerprint density at radius 3 is 3.22 bits per heavy atom. The van der Waals surface area contributed by atoms with Gasteiger partial charge in [0.2, 0.25) is 0 Å². The molecule has 0 unspecified atom stereocenters. The molecule has 4 rings (SSSR count). The van der Waals surface area contributed by atoms with Crippen LogP contribution in [-0.4, -0.2) is 31.8 Å². The van der Waals surface area contributed by atoms with E-state index in [0.717, 1.165) is 25.3 Å². The molecular weight excluding hydrogens is 248 g/mol. The molecule has 0 spiro atoms. The number of nitrogens with zero attached hydrogens (tertiary/aromatic N) is 6. The Labute approximate surface area is 107 Å². The number of hydrogen-bond donors (Lipinski definition) is 0. The second-order valence-corrected chi connectivity index (χ2v) is 5.26. The summed E-state index contributed by atoms with van der Waals surface area (Å²) in [6.07, 6.45) is 1.09. The highest BCUT2D eigenvalue weighted by molar-refractivity contribution is 7.10. The first kappa shape index (κ1) is 9.95. The zero-order valence-corrected chi connectivity index (χ0v) is 10.3. The van der Waals surface area contributed by atoms with E-state index in [0.29, 0.717) is 5.65 Å². The highest BCUT2D eigenvalue weighted by Crippen LogP contribution is 2.26. The van der Waals surface area contributed by atoms with Crippen LogP contribution < -0.4 is 4.90 Å². The Hall–Kier alpha value is -2.02. The molecule has 0 saturated carbocycles. The van der Waals surface area contributed by atoms with Gasteiger partial charge in [0.1, 0.15) is 0 Å². The minimum atomic E-state index is 0.673. The fourth-order valence-electron chi connectivity index (χ4n) is 2.25. The Morgan fingerprint density at radius 2 is 2.22 bits per heavy atom. The Bertz CT molecular complexity index is 702. The average Bonchev–Trinajstić information content (AvgIpc) is 3.05. The zero-order chi connectivity index (χ0) is 11.9. The maximum Gasteiger partial charge on any atom is 0.200 e. The summed E-state index contributed by atoms with van der Waals surface area (Å²) in [4.78, 5) is 3.76. The third kappa shape index (κ3) is 1.47. The summed E-state index contributed by atoms with van der Waals surface area (Å²) in [6, 6.07) is 6.07. The van der Waals surface area contributed by atoms with Crippen LogP contribution in [0, 0.1) is 0 Å². The molecule has 90 valence electrons. The van der Waals surface area contributed by atoms with E-state index < -0.39 is 0 Å². The summed E-state index contributed by atoms with van der Waals surface area (Å²) >= 11 is 1.84. The third-order valence-electron chi connectivity index (χ3n) is 3.19. The van der Waals surface area contributed by atoms with Crippen molar-refractivity contribution in [3.63, 3.8) is 0 Å². The van der Waals surface area contributed by atoms with Crippen molar-refractivity contribution in [1.29, 1.82) is 0 Å². The van der Waals surface area contributed by atoms with Gasteiger partial charge in [-0.3, -0.25) is 0 Å². The smallest absolute Gasteiger partial charge is 0.200 e. The van der Waals surface area contributed by atoms with Crippen molar-refractivity contribution in [2.45, 2.75) is 13.0 Å². The molecule has 6 nitrogen and oxygen atoms in total. The van der Waals surface area contributed by atoms with Gasteiger partial charge in [-0.05, 0) is 46.0 Å². The van der Waals surface area contributed by atoms with Crippen molar-refractivity contribution in [1.82, 2.24) is 25.3 Å². The molecule has 0 amide bonds. The molecule has 0 bridgehead atoms. The minimum absolute atomic E-state index is 0.673. The van der Waals surface area contributed by atoms with E-state index in [1.165, 1.54) is 15.1 Å². The van der Waals surface area contributed by atoms with E-state index in [9.17, 15) is 0 Å². The summed E-state index contributed by atoms with van der Waals surface area (Å²) in [5, 5.41) is 17.9. The maximum absolute atomic E-state index is 4.43. The zero-order valence-electron chi connectivity index (χ0n) is 9.52. The molecule has 3 aromatic heterocycles. The van der Waals surface area contributed by atoms with Crippen LogP contribution in [0.5, 0.6) is 0 Å². The molecule has 4 heterocycles. The van der Waals surface area contributed by atoms with Crippen LogP contribution in [0.3, 0.4) is 0 Å². The van der Waals surface area contributed by atoms with Crippen LogP contribution >= 0.6 is 11.3 Å². The number of fused-ring (bicyclic) bond motifs is 2. The molecule has 0 aromatic carbocycles. The van der Waals surface area contributed by atoms with E-state index in [-0.39, 0.29) is 0 Å². The summed E-state index contributed by atoms with van der Waals surface area (Å²) in [7, 11) is 0. The van der Waals surface area contributed by atoms with Gasteiger partial charge in [0.05, 0.1) is 0 Å². The van der Waals surface area contributed by atoms with Gasteiger partial charge in [-0.25, -0.2) is 0 Å². The van der Waals surface area contributed by atoms with Crippen LogP contribution in [0.15, 0.2) is 23.6 Å². The fraction of sp³-hybridized carbons (Fsp3) is 0.273. The first-order valence-electron chi connectivity index (χ1n) is 5.76. The predicted molar refractivity (Wildman–Crippen MR) is 67.7 cm³/mol. The van der Waals surface area contributed by atoms with E-state index in [1.54, 1.807) is 0 Å². The highest BCUT2D eigenvalue weighted by atomic mass is 32.1. The molecule has 0 fully saturated rings. The fourth-order valence-corrected chi connectivity index (χ4v) is 3.14. The molecule has 3 aromatic rings. The molecule has 0 saturated heterocycles. The van der Waals surface area contributed by atoms with Crippen molar-refractivity contribution in [3.05, 3.63) is 34.0 Å². The van der Waals surface area contributed by atoms with Crippen LogP contribution in [-0.2, 0) is 13.0 Å².